The Balaban J connectivity index is 1.79. The van der Waals surface area contributed by atoms with Crippen molar-refractivity contribution in [3.63, 3.8) is 0 Å². The summed E-state index contributed by atoms with van der Waals surface area (Å²) in [6, 6.07) is 15.1. The number of carbonyl (C=O) groups is 1. The Morgan fingerprint density at radius 1 is 1.25 bits per heavy atom. The van der Waals surface area contributed by atoms with E-state index in [0.29, 0.717) is 5.39 Å². The van der Waals surface area contributed by atoms with E-state index < -0.39 is 0 Å². The fourth-order valence-electron chi connectivity index (χ4n) is 2.17. The number of rotatable bonds is 4. The Morgan fingerprint density at radius 2 is 2.00 bits per heavy atom. The highest BCUT2D eigenvalue weighted by molar-refractivity contribution is 9.10. The number of hydrogen-bond donors (Lipinski definition) is 2. The molecule has 0 saturated heterocycles. The first-order valence-electron chi connectivity index (χ1n) is 7.22. The molecule has 3 rings (SSSR count). The Labute approximate surface area is 151 Å². The third-order valence-corrected chi connectivity index (χ3v) is 4.96. The van der Waals surface area contributed by atoms with Gasteiger partial charge in [0.15, 0.2) is 5.69 Å². The minimum atomic E-state index is -0.366. The first kappa shape index (κ1) is 16.7. The largest absolute Gasteiger partial charge is 0.493 e. The van der Waals surface area contributed by atoms with Crippen LogP contribution in [0.3, 0.4) is 0 Å². The first-order chi connectivity index (χ1) is 11.5. The van der Waals surface area contributed by atoms with Gasteiger partial charge in [-0.2, -0.15) is 0 Å². The molecule has 5 nitrogen and oxygen atoms in total. The van der Waals surface area contributed by atoms with Gasteiger partial charge in [-0.1, -0.05) is 34.1 Å². The average molecular weight is 404 g/mol. The quantitative estimate of drug-likeness (QED) is 0.450. The molecule has 0 aliphatic carbocycles. The van der Waals surface area contributed by atoms with Crippen molar-refractivity contribution in [2.24, 2.45) is 10.2 Å². The lowest BCUT2D eigenvalue weighted by molar-refractivity contribution is -0.117. The van der Waals surface area contributed by atoms with Gasteiger partial charge in [0.25, 0.3) is 5.91 Å². The molecule has 1 amide bonds. The molecule has 1 atom stereocenters. The van der Waals surface area contributed by atoms with Gasteiger partial charge in [0, 0.05) is 14.8 Å². The fraction of sp³-hybridized carbons (Fsp3) is 0.118. The van der Waals surface area contributed by atoms with Crippen molar-refractivity contribution in [2.75, 3.05) is 0 Å². The summed E-state index contributed by atoms with van der Waals surface area (Å²) < 4.78 is 0.852. The number of aromatic hydroxyl groups is 1. The second-order valence-corrected chi connectivity index (χ2v) is 7.45. The first-order valence-corrected chi connectivity index (χ1v) is 8.89. The van der Waals surface area contributed by atoms with Crippen LogP contribution in [0.5, 0.6) is 5.88 Å². The molecular formula is C17H14BrN3O2S. The third-order valence-electron chi connectivity index (χ3n) is 3.37. The topological polar surface area (TPSA) is 77.8 Å². The molecule has 3 aromatic rings. The van der Waals surface area contributed by atoms with Crippen molar-refractivity contribution in [3.8, 4) is 5.88 Å². The molecule has 0 aliphatic heterocycles. The minimum Gasteiger partial charge on any atom is -0.493 e. The van der Waals surface area contributed by atoms with Gasteiger partial charge in [-0.05, 0) is 37.3 Å². The molecule has 0 unspecified atom stereocenters. The van der Waals surface area contributed by atoms with Crippen LogP contribution >= 0.6 is 27.7 Å². The number of benzene rings is 2. The van der Waals surface area contributed by atoms with Gasteiger partial charge >= 0.3 is 0 Å². The lowest BCUT2D eigenvalue weighted by Gasteiger charge is -2.05. The maximum absolute atomic E-state index is 12.2. The molecule has 0 bridgehead atoms. The molecule has 0 spiro atoms. The fourth-order valence-corrected chi connectivity index (χ4v) is 3.40. The molecule has 7 heteroatoms. The number of fused-ring (bicyclic) bond motifs is 1. The zero-order valence-electron chi connectivity index (χ0n) is 12.7. The summed E-state index contributed by atoms with van der Waals surface area (Å²) in [5.74, 6) is -0.462. The summed E-state index contributed by atoms with van der Waals surface area (Å²) >= 11 is 4.80. The molecule has 2 aromatic carbocycles. The van der Waals surface area contributed by atoms with E-state index in [4.69, 9.17) is 0 Å². The van der Waals surface area contributed by atoms with E-state index >= 15 is 0 Å². The number of carbonyl (C=O) groups excluding carboxylic acids is 1. The Morgan fingerprint density at radius 3 is 2.75 bits per heavy atom. The van der Waals surface area contributed by atoms with E-state index in [1.807, 2.05) is 48.5 Å². The Kier molecular flexibility index (Phi) is 5.01. The molecule has 1 aromatic heterocycles. The molecule has 1 heterocycles. The zero-order valence-corrected chi connectivity index (χ0v) is 15.1. The SMILES string of the molecule is C[C@H](Sc1ccccc1)C(=O)N=Nc1c(O)[nH]c2ccc(Br)cc12. The molecule has 0 aliphatic rings. The highest BCUT2D eigenvalue weighted by atomic mass is 79.9. The molecule has 0 saturated carbocycles. The van der Waals surface area contributed by atoms with Crippen LogP contribution in [-0.2, 0) is 4.79 Å². The van der Waals surface area contributed by atoms with Crippen LogP contribution in [0.15, 0.2) is 68.1 Å². The van der Waals surface area contributed by atoms with Gasteiger partial charge in [0.1, 0.15) is 0 Å². The normalized spacial score (nSPS) is 12.8. The molecule has 2 N–H and O–H groups in total. The van der Waals surface area contributed by atoms with E-state index in [1.54, 1.807) is 6.92 Å². The Hall–Kier alpha value is -2.12. The summed E-state index contributed by atoms with van der Waals surface area (Å²) in [6.07, 6.45) is 0. The number of halogens is 1. The van der Waals surface area contributed by atoms with Crippen LogP contribution in [0.2, 0.25) is 0 Å². The van der Waals surface area contributed by atoms with Crippen LogP contribution < -0.4 is 0 Å². The van der Waals surface area contributed by atoms with Gasteiger partial charge in [0.05, 0.1) is 10.8 Å². The van der Waals surface area contributed by atoms with Crippen molar-refractivity contribution in [1.82, 2.24) is 4.98 Å². The second-order valence-electron chi connectivity index (χ2n) is 5.12. The van der Waals surface area contributed by atoms with E-state index in [-0.39, 0.29) is 22.7 Å². The van der Waals surface area contributed by atoms with Crippen LogP contribution in [-0.4, -0.2) is 21.2 Å². The average Bonchev–Trinajstić information content (AvgIpc) is 2.88. The number of amides is 1. The number of aromatic amines is 1. The van der Waals surface area contributed by atoms with Crippen molar-refractivity contribution in [2.45, 2.75) is 17.1 Å². The summed E-state index contributed by atoms with van der Waals surface area (Å²) in [4.78, 5) is 16.0. The van der Waals surface area contributed by atoms with Crippen LogP contribution in [0.4, 0.5) is 5.69 Å². The number of thioether (sulfide) groups is 1. The number of azo groups is 1. The molecule has 24 heavy (non-hydrogen) atoms. The van der Waals surface area contributed by atoms with Gasteiger partial charge in [0.2, 0.25) is 5.88 Å². The number of hydrogen-bond acceptors (Lipinski definition) is 4. The monoisotopic (exact) mass is 403 g/mol. The van der Waals surface area contributed by atoms with Gasteiger partial charge < -0.3 is 10.1 Å². The summed E-state index contributed by atoms with van der Waals surface area (Å²) in [5.41, 5.74) is 0.986. The highest BCUT2D eigenvalue weighted by Crippen LogP contribution is 2.37. The van der Waals surface area contributed by atoms with E-state index in [9.17, 15) is 9.90 Å². The van der Waals surface area contributed by atoms with Gasteiger partial charge in [-0.3, -0.25) is 4.79 Å². The third kappa shape index (κ3) is 3.68. The standard InChI is InChI=1S/C17H14BrN3O2S/c1-10(24-12-5-3-2-4-6-12)16(22)21-20-15-13-9-11(18)7-8-14(13)19-17(15)23/h2-10,19,23H,1H3/t10-/m0/s1. The van der Waals surface area contributed by atoms with Crippen LogP contribution in [0.25, 0.3) is 10.9 Å². The zero-order chi connectivity index (χ0) is 17.1. The minimum absolute atomic E-state index is 0.108. The molecule has 0 fully saturated rings. The van der Waals surface area contributed by atoms with Crippen LogP contribution in [0.1, 0.15) is 6.92 Å². The predicted octanol–water partition coefficient (Wildman–Crippen LogP) is 5.43. The van der Waals surface area contributed by atoms with E-state index in [2.05, 4.69) is 31.1 Å². The molecule has 0 radical (unpaired) electrons. The van der Waals surface area contributed by atoms with Crippen molar-refractivity contribution < 1.29 is 9.90 Å². The highest BCUT2D eigenvalue weighted by Gasteiger charge is 2.15. The number of nitrogens with zero attached hydrogens (tertiary/aromatic N) is 2. The number of H-pyrrole nitrogens is 1. The number of aromatic nitrogens is 1. The molecule has 122 valence electrons. The summed E-state index contributed by atoms with van der Waals surface area (Å²) in [6.45, 7) is 1.78. The van der Waals surface area contributed by atoms with Gasteiger partial charge in [-0.25, -0.2) is 0 Å². The maximum atomic E-state index is 12.2. The second kappa shape index (κ2) is 7.19. The number of nitrogens with one attached hydrogen (secondary N) is 1. The van der Waals surface area contributed by atoms with E-state index in [0.717, 1.165) is 14.9 Å². The smallest absolute Gasteiger partial charge is 0.277 e. The lowest BCUT2D eigenvalue weighted by Crippen LogP contribution is -2.09. The maximum Gasteiger partial charge on any atom is 0.277 e. The van der Waals surface area contributed by atoms with Gasteiger partial charge in [-0.15, -0.1) is 22.0 Å². The van der Waals surface area contributed by atoms with Crippen LogP contribution in [0, 0.1) is 0 Å². The molecular weight excluding hydrogens is 390 g/mol. The Bertz CT molecular complexity index is 909. The van der Waals surface area contributed by atoms with Crippen molar-refractivity contribution in [1.29, 1.82) is 0 Å². The van der Waals surface area contributed by atoms with E-state index in [1.165, 1.54) is 11.8 Å². The summed E-state index contributed by atoms with van der Waals surface area (Å²) in [5, 5.41) is 18.0. The predicted molar refractivity (Wildman–Crippen MR) is 98.9 cm³/mol. The summed E-state index contributed by atoms with van der Waals surface area (Å²) in [7, 11) is 0. The van der Waals surface area contributed by atoms with Crippen molar-refractivity contribution >= 4 is 50.2 Å². The lowest BCUT2D eigenvalue weighted by atomic mass is 10.2. The van der Waals surface area contributed by atoms with Crippen molar-refractivity contribution in [3.05, 3.63) is 53.0 Å².